The van der Waals surface area contributed by atoms with Crippen LogP contribution in [0, 0.1) is 0 Å². The maximum atomic E-state index is 11.9. The summed E-state index contributed by atoms with van der Waals surface area (Å²) < 4.78 is 5.48. The van der Waals surface area contributed by atoms with Crippen molar-refractivity contribution in [2.24, 2.45) is 0 Å². The minimum atomic E-state index is -0.567. The first-order chi connectivity index (χ1) is 8.17. The predicted molar refractivity (Wildman–Crippen MR) is 61.9 cm³/mol. The van der Waals surface area contributed by atoms with Crippen molar-refractivity contribution in [3.63, 3.8) is 0 Å². The fourth-order valence-corrected chi connectivity index (χ4v) is 1.88. The molecule has 1 unspecified atom stereocenters. The summed E-state index contributed by atoms with van der Waals surface area (Å²) in [5.74, 6) is 0.403. The summed E-state index contributed by atoms with van der Waals surface area (Å²) in [5, 5.41) is 18.0. The number of β-amino-alcohol motifs (C(OH)–C–C–N with tert-alkyl or cyclic N) is 1. The first kappa shape index (κ1) is 11.9. The third-order valence-electron chi connectivity index (χ3n) is 2.74. The monoisotopic (exact) mass is 237 g/mol. The number of rotatable bonds is 3. The lowest BCUT2D eigenvalue weighted by Crippen LogP contribution is -2.45. The average molecular weight is 237 g/mol. The van der Waals surface area contributed by atoms with Crippen molar-refractivity contribution >= 4 is 11.6 Å². The number of anilines is 1. The lowest BCUT2D eigenvalue weighted by molar-refractivity contribution is -0.125. The molecule has 1 aliphatic heterocycles. The number of aliphatic hydroxyl groups excluding tert-OH is 2. The molecule has 2 N–H and O–H groups in total. The Bertz CT molecular complexity index is 433. The third-order valence-corrected chi connectivity index (χ3v) is 2.74. The smallest absolute Gasteiger partial charge is 0.267 e. The average Bonchev–Trinajstić information content (AvgIpc) is 2.34. The molecule has 1 aromatic carbocycles. The van der Waals surface area contributed by atoms with Gasteiger partial charge in [-0.2, -0.15) is 0 Å². The van der Waals surface area contributed by atoms with E-state index in [1.165, 1.54) is 4.90 Å². The molecule has 17 heavy (non-hydrogen) atoms. The number of amides is 1. The van der Waals surface area contributed by atoms with E-state index in [1.807, 2.05) is 0 Å². The molecular formula is C12H15NO4. The van der Waals surface area contributed by atoms with Gasteiger partial charge in [0.05, 0.1) is 18.9 Å². The number of hydrogen-bond acceptors (Lipinski definition) is 4. The molecule has 0 saturated heterocycles. The van der Waals surface area contributed by atoms with Crippen molar-refractivity contribution < 1.29 is 19.7 Å². The second kappa shape index (κ2) is 4.73. The van der Waals surface area contributed by atoms with E-state index in [4.69, 9.17) is 14.9 Å². The van der Waals surface area contributed by atoms with Crippen LogP contribution < -0.4 is 9.64 Å². The van der Waals surface area contributed by atoms with Gasteiger partial charge in [0.15, 0.2) is 6.10 Å². The van der Waals surface area contributed by atoms with Crippen molar-refractivity contribution in [1.29, 1.82) is 0 Å². The second-order valence-corrected chi connectivity index (χ2v) is 3.93. The quantitative estimate of drug-likeness (QED) is 0.792. The van der Waals surface area contributed by atoms with E-state index in [0.717, 1.165) is 5.56 Å². The minimum Gasteiger partial charge on any atom is -0.479 e. The molecule has 1 heterocycles. The number of benzene rings is 1. The zero-order chi connectivity index (χ0) is 12.4. The molecule has 0 aliphatic carbocycles. The fourth-order valence-electron chi connectivity index (χ4n) is 1.88. The van der Waals surface area contributed by atoms with Crippen LogP contribution >= 0.6 is 0 Å². The SMILES string of the molecule is CC1Oc2cc(CO)ccc2N(CCO)C1=O. The zero-order valence-electron chi connectivity index (χ0n) is 9.59. The maximum Gasteiger partial charge on any atom is 0.267 e. The number of carbonyl (C=O) groups excluding carboxylic acids is 1. The van der Waals surface area contributed by atoms with Gasteiger partial charge in [0.2, 0.25) is 0 Å². The Hall–Kier alpha value is -1.59. The van der Waals surface area contributed by atoms with Crippen molar-refractivity contribution in [3.8, 4) is 5.75 Å². The van der Waals surface area contributed by atoms with Gasteiger partial charge in [-0.25, -0.2) is 0 Å². The highest BCUT2D eigenvalue weighted by molar-refractivity contribution is 5.99. The number of ether oxygens (including phenoxy) is 1. The molecule has 1 amide bonds. The maximum absolute atomic E-state index is 11.9. The molecule has 1 atom stereocenters. The molecule has 0 saturated carbocycles. The van der Waals surface area contributed by atoms with Crippen molar-refractivity contribution in [3.05, 3.63) is 23.8 Å². The highest BCUT2D eigenvalue weighted by Gasteiger charge is 2.30. The van der Waals surface area contributed by atoms with E-state index < -0.39 is 6.10 Å². The van der Waals surface area contributed by atoms with Crippen LogP contribution in [0.3, 0.4) is 0 Å². The molecule has 92 valence electrons. The van der Waals surface area contributed by atoms with Crippen molar-refractivity contribution in [2.45, 2.75) is 19.6 Å². The van der Waals surface area contributed by atoms with Gasteiger partial charge in [0.1, 0.15) is 5.75 Å². The molecule has 1 aliphatic rings. The van der Waals surface area contributed by atoms with Gasteiger partial charge in [-0.05, 0) is 24.6 Å². The molecule has 5 heteroatoms. The van der Waals surface area contributed by atoms with Crippen LogP contribution in [-0.2, 0) is 11.4 Å². The zero-order valence-corrected chi connectivity index (χ0v) is 9.59. The summed E-state index contributed by atoms with van der Waals surface area (Å²) in [6.45, 7) is 1.75. The van der Waals surface area contributed by atoms with E-state index in [0.29, 0.717) is 11.4 Å². The Kier molecular flexibility index (Phi) is 3.31. The van der Waals surface area contributed by atoms with Crippen LogP contribution in [0.2, 0.25) is 0 Å². The Labute approximate surface area is 99.2 Å². The van der Waals surface area contributed by atoms with E-state index in [1.54, 1.807) is 25.1 Å². The predicted octanol–water partition coefficient (Wildman–Crippen LogP) is 0.285. The second-order valence-electron chi connectivity index (χ2n) is 3.93. The van der Waals surface area contributed by atoms with Crippen LogP contribution in [0.4, 0.5) is 5.69 Å². The van der Waals surface area contributed by atoms with Gasteiger partial charge >= 0.3 is 0 Å². The first-order valence-corrected chi connectivity index (χ1v) is 5.50. The molecule has 1 aromatic rings. The number of nitrogens with zero attached hydrogens (tertiary/aromatic N) is 1. The fraction of sp³-hybridized carbons (Fsp3) is 0.417. The molecule has 0 bridgehead atoms. The Balaban J connectivity index is 2.41. The summed E-state index contributed by atoms with van der Waals surface area (Å²) in [7, 11) is 0. The van der Waals surface area contributed by atoms with E-state index >= 15 is 0 Å². The lowest BCUT2D eigenvalue weighted by atomic mass is 10.1. The molecular weight excluding hydrogens is 222 g/mol. The summed E-state index contributed by atoms with van der Waals surface area (Å²) in [6.07, 6.45) is -0.567. The topological polar surface area (TPSA) is 70.0 Å². The normalized spacial score (nSPS) is 18.9. The Morgan fingerprint density at radius 1 is 1.41 bits per heavy atom. The van der Waals surface area contributed by atoms with Gasteiger partial charge in [0, 0.05) is 6.54 Å². The number of fused-ring (bicyclic) bond motifs is 1. The molecule has 0 radical (unpaired) electrons. The molecule has 2 rings (SSSR count). The highest BCUT2D eigenvalue weighted by Crippen LogP contribution is 2.34. The number of hydrogen-bond donors (Lipinski definition) is 2. The number of aliphatic hydroxyl groups is 2. The summed E-state index contributed by atoms with van der Waals surface area (Å²) in [4.78, 5) is 13.4. The van der Waals surface area contributed by atoms with Gasteiger partial charge in [-0.3, -0.25) is 4.79 Å². The van der Waals surface area contributed by atoms with E-state index in [2.05, 4.69) is 0 Å². The Morgan fingerprint density at radius 3 is 2.82 bits per heavy atom. The largest absolute Gasteiger partial charge is 0.479 e. The minimum absolute atomic E-state index is 0.0705. The standard InChI is InChI=1S/C12H15NO4/c1-8-12(16)13(4-5-14)10-3-2-9(7-15)6-11(10)17-8/h2-3,6,8,14-15H,4-5,7H2,1H3. The number of carbonyl (C=O) groups is 1. The summed E-state index contributed by atoms with van der Waals surface area (Å²) in [5.41, 5.74) is 1.37. The van der Waals surface area contributed by atoms with Crippen LogP contribution in [-0.4, -0.2) is 35.4 Å². The van der Waals surface area contributed by atoms with Crippen molar-refractivity contribution in [2.75, 3.05) is 18.1 Å². The Morgan fingerprint density at radius 2 is 2.18 bits per heavy atom. The van der Waals surface area contributed by atoms with Gasteiger partial charge in [-0.1, -0.05) is 6.07 Å². The highest BCUT2D eigenvalue weighted by atomic mass is 16.5. The molecule has 0 fully saturated rings. The van der Waals surface area contributed by atoms with E-state index in [9.17, 15) is 4.79 Å². The van der Waals surface area contributed by atoms with Crippen LogP contribution in [0.25, 0.3) is 0 Å². The van der Waals surface area contributed by atoms with Crippen LogP contribution in [0.1, 0.15) is 12.5 Å². The van der Waals surface area contributed by atoms with E-state index in [-0.39, 0.29) is 25.7 Å². The van der Waals surface area contributed by atoms with Gasteiger partial charge < -0.3 is 19.8 Å². The van der Waals surface area contributed by atoms with Crippen LogP contribution in [0.15, 0.2) is 18.2 Å². The first-order valence-electron chi connectivity index (χ1n) is 5.50. The third kappa shape index (κ3) is 2.11. The van der Waals surface area contributed by atoms with Crippen molar-refractivity contribution in [1.82, 2.24) is 0 Å². The molecule has 5 nitrogen and oxygen atoms in total. The lowest BCUT2D eigenvalue weighted by Gasteiger charge is -2.32. The summed E-state index contributed by atoms with van der Waals surface area (Å²) in [6, 6.07) is 5.17. The van der Waals surface area contributed by atoms with Gasteiger partial charge in [-0.15, -0.1) is 0 Å². The molecule has 0 spiro atoms. The van der Waals surface area contributed by atoms with Crippen LogP contribution in [0.5, 0.6) is 5.75 Å². The molecule has 0 aromatic heterocycles. The summed E-state index contributed by atoms with van der Waals surface area (Å²) >= 11 is 0. The van der Waals surface area contributed by atoms with Gasteiger partial charge in [0.25, 0.3) is 5.91 Å².